The fraction of sp³-hybridized carbons (Fsp3) is 0.182. The van der Waals surface area contributed by atoms with E-state index in [1.807, 2.05) is 95.9 Å². The summed E-state index contributed by atoms with van der Waals surface area (Å²) < 4.78 is 0. The molecule has 0 fully saturated rings. The second kappa shape index (κ2) is 8.47. The lowest BCUT2D eigenvalue weighted by molar-refractivity contribution is 0.161. The fourth-order valence-electron chi connectivity index (χ4n) is 2.90. The molecule has 0 heterocycles. The first-order chi connectivity index (χ1) is 12.2. The minimum atomic E-state index is -0.621. The average Bonchev–Trinajstić information content (AvgIpc) is 2.69. The molecule has 3 aromatic rings. The molecule has 0 saturated heterocycles. The number of aliphatic hydroxyl groups is 2. The van der Waals surface area contributed by atoms with Gasteiger partial charge in [0.1, 0.15) is 0 Å². The molecule has 3 rings (SSSR count). The monoisotopic (exact) mass is 333 g/mol. The van der Waals surface area contributed by atoms with Crippen LogP contribution in [0, 0.1) is 0 Å². The van der Waals surface area contributed by atoms with Gasteiger partial charge in [0.05, 0.1) is 12.2 Å². The third-order valence-corrected chi connectivity index (χ3v) is 4.28. The number of hydrogen-bond donors (Lipinski definition) is 2. The van der Waals surface area contributed by atoms with Crippen molar-refractivity contribution in [2.24, 2.45) is 0 Å². The number of rotatable bonds is 7. The van der Waals surface area contributed by atoms with E-state index in [1.165, 1.54) is 0 Å². The highest BCUT2D eigenvalue weighted by Gasteiger charge is 2.18. The minimum Gasteiger partial charge on any atom is -0.387 e. The molecule has 25 heavy (non-hydrogen) atoms. The van der Waals surface area contributed by atoms with Gasteiger partial charge in [-0.15, -0.1) is 0 Å². The van der Waals surface area contributed by atoms with Crippen LogP contribution >= 0.6 is 0 Å². The van der Waals surface area contributed by atoms with E-state index in [-0.39, 0.29) is 0 Å². The molecular formula is C22H23NO2. The van der Waals surface area contributed by atoms with Crippen LogP contribution in [0.4, 0.5) is 5.69 Å². The molecule has 0 aliphatic rings. The Kier molecular flexibility index (Phi) is 5.83. The summed E-state index contributed by atoms with van der Waals surface area (Å²) in [6.45, 7) is 0.829. The topological polar surface area (TPSA) is 43.7 Å². The van der Waals surface area contributed by atoms with Crippen molar-refractivity contribution < 1.29 is 10.2 Å². The second-order valence-electron chi connectivity index (χ2n) is 6.09. The first-order valence-electron chi connectivity index (χ1n) is 8.50. The Morgan fingerprint density at radius 1 is 0.560 bits per heavy atom. The summed E-state index contributed by atoms with van der Waals surface area (Å²) >= 11 is 0. The first-order valence-corrected chi connectivity index (χ1v) is 8.50. The Balaban J connectivity index is 1.78. The number of anilines is 1. The lowest BCUT2D eigenvalue weighted by Crippen LogP contribution is -2.32. The third-order valence-electron chi connectivity index (χ3n) is 4.28. The van der Waals surface area contributed by atoms with Crippen LogP contribution in [0.2, 0.25) is 0 Å². The summed E-state index contributed by atoms with van der Waals surface area (Å²) in [5.74, 6) is 0. The molecule has 0 saturated carbocycles. The summed E-state index contributed by atoms with van der Waals surface area (Å²) in [6, 6.07) is 29.1. The summed E-state index contributed by atoms with van der Waals surface area (Å²) in [5, 5.41) is 21.2. The van der Waals surface area contributed by atoms with Crippen molar-refractivity contribution in [2.45, 2.75) is 12.2 Å². The zero-order chi connectivity index (χ0) is 17.5. The van der Waals surface area contributed by atoms with Crippen molar-refractivity contribution in [2.75, 3.05) is 18.0 Å². The van der Waals surface area contributed by atoms with Crippen molar-refractivity contribution in [3.63, 3.8) is 0 Å². The van der Waals surface area contributed by atoms with Gasteiger partial charge in [-0.05, 0) is 23.3 Å². The number of benzene rings is 3. The molecular weight excluding hydrogens is 310 g/mol. The molecule has 0 spiro atoms. The van der Waals surface area contributed by atoms with Crippen LogP contribution in [0.15, 0.2) is 91.0 Å². The summed E-state index contributed by atoms with van der Waals surface area (Å²) in [7, 11) is 0. The van der Waals surface area contributed by atoms with Crippen LogP contribution in [0.5, 0.6) is 0 Å². The first kappa shape index (κ1) is 17.2. The Morgan fingerprint density at radius 2 is 0.920 bits per heavy atom. The minimum absolute atomic E-state index is 0.415. The molecule has 0 aliphatic carbocycles. The quantitative estimate of drug-likeness (QED) is 0.688. The molecule has 3 nitrogen and oxygen atoms in total. The van der Waals surface area contributed by atoms with Crippen molar-refractivity contribution >= 4 is 5.69 Å². The van der Waals surface area contributed by atoms with E-state index in [0.717, 1.165) is 16.8 Å². The highest BCUT2D eigenvalue weighted by molar-refractivity contribution is 5.47. The van der Waals surface area contributed by atoms with E-state index in [9.17, 15) is 10.2 Å². The lowest BCUT2D eigenvalue weighted by atomic mass is 10.1. The normalized spacial score (nSPS) is 13.2. The van der Waals surface area contributed by atoms with Gasteiger partial charge in [-0.3, -0.25) is 0 Å². The summed E-state index contributed by atoms with van der Waals surface area (Å²) in [6.07, 6.45) is -1.24. The van der Waals surface area contributed by atoms with Gasteiger partial charge in [0.25, 0.3) is 0 Å². The van der Waals surface area contributed by atoms with Crippen LogP contribution in [0.25, 0.3) is 0 Å². The number of hydrogen-bond acceptors (Lipinski definition) is 3. The zero-order valence-electron chi connectivity index (χ0n) is 14.1. The van der Waals surface area contributed by atoms with Gasteiger partial charge in [-0.25, -0.2) is 0 Å². The van der Waals surface area contributed by atoms with Gasteiger partial charge in [-0.2, -0.15) is 0 Å². The largest absolute Gasteiger partial charge is 0.387 e. The molecule has 0 radical (unpaired) electrons. The number of nitrogens with zero attached hydrogens (tertiary/aromatic N) is 1. The Hall–Kier alpha value is -2.62. The van der Waals surface area contributed by atoms with E-state index in [4.69, 9.17) is 0 Å². The van der Waals surface area contributed by atoms with Crippen molar-refractivity contribution in [1.29, 1.82) is 0 Å². The van der Waals surface area contributed by atoms with Gasteiger partial charge in [0.15, 0.2) is 0 Å². The van der Waals surface area contributed by atoms with Gasteiger partial charge >= 0.3 is 0 Å². The Morgan fingerprint density at radius 3 is 1.32 bits per heavy atom. The van der Waals surface area contributed by atoms with Crippen molar-refractivity contribution in [3.8, 4) is 0 Å². The number of para-hydroxylation sites is 1. The van der Waals surface area contributed by atoms with Gasteiger partial charge in [0, 0.05) is 18.8 Å². The van der Waals surface area contributed by atoms with Crippen LogP contribution in [-0.2, 0) is 0 Å². The van der Waals surface area contributed by atoms with Crippen LogP contribution in [0.1, 0.15) is 23.3 Å². The molecule has 0 unspecified atom stereocenters. The standard InChI is InChI=1S/C22H23NO2/c24-21(18-10-4-1-5-11-18)16-23(20-14-8-3-9-15-20)17-22(25)19-12-6-2-7-13-19/h1-15,21-22,24-25H,16-17H2/t21-,22-/m0/s1. The Labute approximate surface area is 148 Å². The summed E-state index contributed by atoms with van der Waals surface area (Å²) in [5.41, 5.74) is 2.72. The van der Waals surface area contributed by atoms with Crippen molar-refractivity contribution in [1.82, 2.24) is 0 Å². The third kappa shape index (κ3) is 4.69. The highest BCUT2D eigenvalue weighted by atomic mass is 16.3. The van der Waals surface area contributed by atoms with E-state index < -0.39 is 12.2 Å². The molecule has 3 aromatic carbocycles. The number of aliphatic hydroxyl groups excluding tert-OH is 2. The van der Waals surface area contributed by atoms with Gasteiger partial charge in [-0.1, -0.05) is 78.9 Å². The maximum atomic E-state index is 10.6. The highest BCUT2D eigenvalue weighted by Crippen LogP contribution is 2.23. The lowest BCUT2D eigenvalue weighted by Gasteiger charge is -2.29. The van der Waals surface area contributed by atoms with E-state index in [1.54, 1.807) is 0 Å². The van der Waals surface area contributed by atoms with Gasteiger partial charge < -0.3 is 15.1 Å². The van der Waals surface area contributed by atoms with Crippen LogP contribution < -0.4 is 4.90 Å². The van der Waals surface area contributed by atoms with E-state index in [2.05, 4.69) is 0 Å². The molecule has 2 N–H and O–H groups in total. The predicted octanol–water partition coefficient (Wildman–Crippen LogP) is 3.96. The molecule has 128 valence electrons. The van der Waals surface area contributed by atoms with Crippen LogP contribution in [0.3, 0.4) is 0 Å². The predicted molar refractivity (Wildman–Crippen MR) is 101 cm³/mol. The zero-order valence-corrected chi connectivity index (χ0v) is 14.1. The Bertz CT molecular complexity index is 699. The smallest absolute Gasteiger partial charge is 0.0964 e. The summed E-state index contributed by atoms with van der Waals surface area (Å²) in [4.78, 5) is 2.02. The van der Waals surface area contributed by atoms with E-state index in [0.29, 0.717) is 13.1 Å². The maximum absolute atomic E-state index is 10.6. The average molecular weight is 333 g/mol. The van der Waals surface area contributed by atoms with E-state index >= 15 is 0 Å². The maximum Gasteiger partial charge on any atom is 0.0964 e. The van der Waals surface area contributed by atoms with Crippen molar-refractivity contribution in [3.05, 3.63) is 102 Å². The second-order valence-corrected chi connectivity index (χ2v) is 6.09. The molecule has 0 bridgehead atoms. The van der Waals surface area contributed by atoms with Gasteiger partial charge in [0.2, 0.25) is 0 Å². The van der Waals surface area contributed by atoms with Crippen LogP contribution in [-0.4, -0.2) is 23.3 Å². The molecule has 0 amide bonds. The molecule has 2 atom stereocenters. The molecule has 3 heteroatoms. The fourth-order valence-corrected chi connectivity index (χ4v) is 2.90. The molecule has 0 aliphatic heterocycles. The molecule has 0 aromatic heterocycles. The SMILES string of the molecule is O[C@@H](CN(C[C@H](O)c1ccccc1)c1ccccc1)c1ccccc1.